The fourth-order valence-corrected chi connectivity index (χ4v) is 3.36. The Kier molecular flexibility index (Phi) is 4.31. The number of hydrogen-bond donors (Lipinski definition) is 0. The summed E-state index contributed by atoms with van der Waals surface area (Å²) in [6, 6.07) is 12.1. The van der Waals surface area contributed by atoms with Crippen molar-refractivity contribution >= 4 is 22.4 Å². The van der Waals surface area contributed by atoms with Crippen molar-refractivity contribution in [1.29, 1.82) is 5.26 Å². The van der Waals surface area contributed by atoms with Crippen molar-refractivity contribution in [2.45, 2.75) is 27.3 Å². The quantitative estimate of drug-likeness (QED) is 0.391. The summed E-state index contributed by atoms with van der Waals surface area (Å²) in [5.74, 6) is -0.0468. The molecule has 26 heavy (non-hydrogen) atoms. The molecule has 0 amide bonds. The summed E-state index contributed by atoms with van der Waals surface area (Å²) >= 11 is 0. The molecule has 2 aromatic carbocycles. The maximum Gasteiger partial charge on any atom is 0.269 e. The third-order valence-corrected chi connectivity index (χ3v) is 4.57. The van der Waals surface area contributed by atoms with Crippen LogP contribution in [0.4, 0.5) is 5.69 Å². The molecule has 1 heterocycles. The van der Waals surface area contributed by atoms with Crippen molar-refractivity contribution in [1.82, 2.24) is 4.57 Å². The Morgan fingerprint density at radius 2 is 1.92 bits per heavy atom. The lowest BCUT2D eigenvalue weighted by Gasteiger charge is -2.09. The highest BCUT2D eigenvalue weighted by molar-refractivity contribution is 6.03. The number of carbonyl (C=O) groups excluding carboxylic acids is 1. The summed E-state index contributed by atoms with van der Waals surface area (Å²) in [5.41, 5.74) is 4.24. The van der Waals surface area contributed by atoms with Gasteiger partial charge in [-0.25, -0.2) is 0 Å². The summed E-state index contributed by atoms with van der Waals surface area (Å²) in [6.07, 6.45) is 0. The number of aryl methyl sites for hydroxylation is 2. The lowest BCUT2D eigenvalue weighted by Crippen LogP contribution is -1.99. The zero-order valence-corrected chi connectivity index (χ0v) is 14.7. The van der Waals surface area contributed by atoms with Crippen molar-refractivity contribution in [2.24, 2.45) is 0 Å². The molecule has 0 N–H and O–H groups in total. The first-order valence-corrected chi connectivity index (χ1v) is 8.21. The van der Waals surface area contributed by atoms with E-state index in [9.17, 15) is 20.2 Å². The average molecular weight is 347 g/mol. The lowest BCUT2D eigenvalue weighted by atomic mass is 10.00. The van der Waals surface area contributed by atoms with E-state index < -0.39 is 4.92 Å². The Balaban J connectivity index is 2.36. The zero-order valence-electron chi connectivity index (χ0n) is 14.7. The van der Waals surface area contributed by atoms with E-state index >= 15 is 0 Å². The number of fused-ring (bicyclic) bond motifs is 1. The number of nitro benzene ring substituents is 1. The second-order valence-corrected chi connectivity index (χ2v) is 6.12. The van der Waals surface area contributed by atoms with Gasteiger partial charge in [0.15, 0.2) is 5.78 Å². The number of Topliss-reactive ketones (excluding diaryl/α,β-unsaturated/α-hetero) is 1. The second-order valence-electron chi connectivity index (χ2n) is 6.12. The van der Waals surface area contributed by atoms with Crippen LogP contribution in [0.2, 0.25) is 0 Å². The molecule has 0 aliphatic rings. The minimum atomic E-state index is -0.452. The standard InChI is InChI=1S/C20H17N3O3/c1-4-22-19-9-12(2)16(13(3)24)10-17(19)18(11-21)20(22)14-5-7-15(8-6-14)23(25)26/h5-10H,4H2,1-3H3. The number of ketones is 1. The van der Waals surface area contributed by atoms with Crippen LogP contribution in [-0.4, -0.2) is 15.3 Å². The number of nitro groups is 1. The van der Waals surface area contributed by atoms with Gasteiger partial charge in [-0.3, -0.25) is 14.9 Å². The Morgan fingerprint density at radius 3 is 2.42 bits per heavy atom. The van der Waals surface area contributed by atoms with Crippen LogP contribution in [0.1, 0.15) is 35.3 Å². The number of non-ortho nitro benzene ring substituents is 1. The maximum absolute atomic E-state index is 11.9. The molecule has 0 spiro atoms. The van der Waals surface area contributed by atoms with Crippen LogP contribution in [0.15, 0.2) is 36.4 Å². The minimum absolute atomic E-state index is 0.00104. The topological polar surface area (TPSA) is 88.9 Å². The number of rotatable bonds is 4. The van der Waals surface area contributed by atoms with Crippen LogP contribution in [0.3, 0.4) is 0 Å². The number of hydrogen-bond acceptors (Lipinski definition) is 4. The first kappa shape index (κ1) is 17.4. The van der Waals surface area contributed by atoms with Crippen molar-refractivity contribution < 1.29 is 9.72 Å². The normalized spacial score (nSPS) is 10.7. The first-order chi connectivity index (χ1) is 12.4. The van der Waals surface area contributed by atoms with Gasteiger partial charge in [-0.2, -0.15) is 5.26 Å². The van der Waals surface area contributed by atoms with Crippen molar-refractivity contribution in [3.05, 3.63) is 63.2 Å². The number of benzene rings is 2. The van der Waals surface area contributed by atoms with Crippen LogP contribution in [-0.2, 0) is 6.54 Å². The molecule has 0 aliphatic carbocycles. The van der Waals surface area contributed by atoms with Crippen LogP contribution in [0.25, 0.3) is 22.2 Å². The molecule has 0 saturated carbocycles. The monoisotopic (exact) mass is 347 g/mol. The zero-order chi connectivity index (χ0) is 19.0. The summed E-state index contributed by atoms with van der Waals surface area (Å²) in [4.78, 5) is 22.3. The number of carbonyl (C=O) groups is 1. The van der Waals surface area contributed by atoms with Crippen molar-refractivity contribution in [3.63, 3.8) is 0 Å². The van der Waals surface area contributed by atoms with Gasteiger partial charge in [0.1, 0.15) is 6.07 Å². The van der Waals surface area contributed by atoms with E-state index in [2.05, 4.69) is 6.07 Å². The molecule has 6 heteroatoms. The second kappa shape index (κ2) is 6.45. The fraction of sp³-hybridized carbons (Fsp3) is 0.200. The van der Waals surface area contributed by atoms with Crippen LogP contribution < -0.4 is 0 Å². The number of nitriles is 1. The van der Waals surface area contributed by atoms with Gasteiger partial charge in [0, 0.05) is 35.2 Å². The van der Waals surface area contributed by atoms with Gasteiger partial charge >= 0.3 is 0 Å². The Labute approximate surface area is 150 Å². The first-order valence-electron chi connectivity index (χ1n) is 8.21. The van der Waals surface area contributed by atoms with Gasteiger partial charge in [0.05, 0.1) is 21.7 Å². The van der Waals surface area contributed by atoms with E-state index in [1.807, 2.05) is 24.5 Å². The third kappa shape index (κ3) is 2.64. The van der Waals surface area contributed by atoms with Gasteiger partial charge in [-0.15, -0.1) is 0 Å². The Morgan fingerprint density at radius 1 is 1.27 bits per heavy atom. The van der Waals surface area contributed by atoms with E-state index in [-0.39, 0.29) is 11.5 Å². The molecular weight excluding hydrogens is 330 g/mol. The molecule has 6 nitrogen and oxygen atoms in total. The molecular formula is C20H17N3O3. The summed E-state index contributed by atoms with van der Waals surface area (Å²) in [7, 11) is 0. The number of nitrogens with zero attached hydrogens (tertiary/aromatic N) is 3. The van der Waals surface area contributed by atoms with Gasteiger partial charge in [0.2, 0.25) is 0 Å². The predicted octanol–water partition coefficient (Wildman–Crippen LogP) is 4.62. The smallest absolute Gasteiger partial charge is 0.269 e. The summed E-state index contributed by atoms with van der Waals surface area (Å²) in [6.45, 7) is 5.99. The highest BCUT2D eigenvalue weighted by Gasteiger charge is 2.20. The molecule has 0 bridgehead atoms. The maximum atomic E-state index is 11.9. The molecule has 1 aromatic heterocycles. The van der Waals surface area contributed by atoms with E-state index in [1.165, 1.54) is 19.1 Å². The lowest BCUT2D eigenvalue weighted by molar-refractivity contribution is -0.384. The molecule has 3 rings (SSSR count). The van der Waals surface area contributed by atoms with E-state index in [1.54, 1.807) is 18.2 Å². The molecule has 0 aliphatic heterocycles. The molecule has 130 valence electrons. The van der Waals surface area contributed by atoms with Crippen LogP contribution in [0, 0.1) is 28.4 Å². The molecule has 3 aromatic rings. The minimum Gasteiger partial charge on any atom is -0.340 e. The third-order valence-electron chi connectivity index (χ3n) is 4.57. The SMILES string of the molecule is CCn1c(-c2ccc([N+](=O)[O-])cc2)c(C#N)c2cc(C(C)=O)c(C)cc21. The predicted molar refractivity (Wildman–Crippen MR) is 99.2 cm³/mol. The van der Waals surface area contributed by atoms with Gasteiger partial charge in [0.25, 0.3) is 5.69 Å². The molecule has 0 radical (unpaired) electrons. The molecule has 0 atom stereocenters. The average Bonchev–Trinajstić information content (AvgIpc) is 2.93. The van der Waals surface area contributed by atoms with Gasteiger partial charge < -0.3 is 4.57 Å². The highest BCUT2D eigenvalue weighted by Crippen LogP contribution is 2.35. The van der Waals surface area contributed by atoms with Crippen molar-refractivity contribution in [2.75, 3.05) is 0 Å². The van der Waals surface area contributed by atoms with E-state index in [0.717, 1.165) is 22.0 Å². The summed E-state index contributed by atoms with van der Waals surface area (Å²) < 4.78 is 2.01. The van der Waals surface area contributed by atoms with Crippen LogP contribution >= 0.6 is 0 Å². The summed E-state index contributed by atoms with van der Waals surface area (Å²) in [5, 5.41) is 21.4. The largest absolute Gasteiger partial charge is 0.340 e. The molecule has 0 fully saturated rings. The van der Waals surface area contributed by atoms with Crippen molar-refractivity contribution in [3.8, 4) is 17.3 Å². The molecule has 0 unspecified atom stereocenters. The Bertz CT molecular complexity index is 1090. The van der Waals surface area contributed by atoms with Gasteiger partial charge in [-0.1, -0.05) is 0 Å². The fourth-order valence-electron chi connectivity index (χ4n) is 3.36. The van der Waals surface area contributed by atoms with Crippen LogP contribution in [0.5, 0.6) is 0 Å². The van der Waals surface area contributed by atoms with Gasteiger partial charge in [-0.05, 0) is 50.6 Å². The highest BCUT2D eigenvalue weighted by atomic mass is 16.6. The Hall–Kier alpha value is -3.46. The number of aromatic nitrogens is 1. The molecule has 0 saturated heterocycles. The van der Waals surface area contributed by atoms with E-state index in [4.69, 9.17) is 0 Å². The van der Waals surface area contributed by atoms with E-state index in [0.29, 0.717) is 23.4 Å².